The van der Waals surface area contributed by atoms with E-state index in [0.29, 0.717) is 5.41 Å². The van der Waals surface area contributed by atoms with Gasteiger partial charge in [0.15, 0.2) is 0 Å². The van der Waals surface area contributed by atoms with Gasteiger partial charge in [-0.3, -0.25) is 0 Å². The van der Waals surface area contributed by atoms with E-state index in [0.717, 1.165) is 38.4 Å². The molecule has 2 N–H and O–H groups in total. The van der Waals surface area contributed by atoms with Crippen LogP contribution in [0.25, 0.3) is 0 Å². The topological polar surface area (TPSA) is 49.7 Å². The van der Waals surface area contributed by atoms with Crippen LogP contribution in [-0.4, -0.2) is 30.4 Å². The summed E-state index contributed by atoms with van der Waals surface area (Å²) in [5.74, 6) is 0.720. The molecule has 4 rings (SSSR count). The van der Waals surface area contributed by atoms with Gasteiger partial charge in [-0.05, 0) is 24.7 Å². The lowest BCUT2D eigenvalue weighted by Gasteiger charge is -2.74. The van der Waals surface area contributed by atoms with Crippen LogP contribution in [0.3, 0.4) is 0 Å². The highest BCUT2D eigenvalue weighted by Gasteiger charge is 2.74. The van der Waals surface area contributed by atoms with Crippen LogP contribution >= 0.6 is 0 Å². The summed E-state index contributed by atoms with van der Waals surface area (Å²) in [7, 11) is -1.08. The monoisotopic (exact) mass is 168 g/mol. The van der Waals surface area contributed by atoms with E-state index in [2.05, 4.69) is 0 Å². The molecule has 0 spiro atoms. The molecule has 12 heavy (non-hydrogen) atoms. The van der Waals surface area contributed by atoms with E-state index < -0.39 is 7.12 Å². The Labute approximate surface area is 71.9 Å². The molecule has 0 aromatic rings. The highest BCUT2D eigenvalue weighted by molar-refractivity contribution is 6.46. The first-order valence-corrected chi connectivity index (χ1v) is 4.61. The van der Waals surface area contributed by atoms with Crippen molar-refractivity contribution in [1.29, 1.82) is 0 Å². The average molecular weight is 168 g/mol. The van der Waals surface area contributed by atoms with Crippen molar-refractivity contribution in [2.45, 2.75) is 24.6 Å². The fraction of sp³-hybridized carbons (Fsp3) is 1.00. The number of hydrogen-bond acceptors (Lipinski definition) is 3. The molecule has 0 atom stereocenters. The van der Waals surface area contributed by atoms with Crippen molar-refractivity contribution < 1.29 is 14.8 Å². The predicted octanol–water partition coefficient (Wildman–Crippen LogP) is 0.0299. The SMILES string of the molecule is OB(O)C12CC(C3COC3)(C1)C2. The molecule has 4 aliphatic rings. The second-order valence-electron chi connectivity index (χ2n) is 4.86. The van der Waals surface area contributed by atoms with E-state index in [1.54, 1.807) is 0 Å². The van der Waals surface area contributed by atoms with Gasteiger partial charge >= 0.3 is 7.12 Å². The molecular formula is C8H13BO3. The summed E-state index contributed by atoms with van der Waals surface area (Å²) < 4.78 is 5.15. The van der Waals surface area contributed by atoms with Crippen LogP contribution in [0.5, 0.6) is 0 Å². The van der Waals surface area contributed by atoms with E-state index in [9.17, 15) is 0 Å². The largest absolute Gasteiger partial charge is 0.458 e. The summed E-state index contributed by atoms with van der Waals surface area (Å²) in [5.41, 5.74) is 0.460. The van der Waals surface area contributed by atoms with Gasteiger partial charge in [0.1, 0.15) is 0 Å². The predicted molar refractivity (Wildman–Crippen MR) is 43.5 cm³/mol. The van der Waals surface area contributed by atoms with Crippen LogP contribution in [0, 0.1) is 11.3 Å². The van der Waals surface area contributed by atoms with Gasteiger partial charge in [0.2, 0.25) is 0 Å². The molecule has 0 aromatic carbocycles. The fourth-order valence-electron chi connectivity index (χ4n) is 3.24. The molecule has 1 heterocycles. The van der Waals surface area contributed by atoms with Crippen LogP contribution in [0.1, 0.15) is 19.3 Å². The first-order chi connectivity index (χ1) is 5.67. The molecule has 2 bridgehead atoms. The Hall–Kier alpha value is -0.0551. The minimum atomic E-state index is -1.08. The first kappa shape index (κ1) is 7.36. The van der Waals surface area contributed by atoms with E-state index in [4.69, 9.17) is 14.8 Å². The molecule has 0 radical (unpaired) electrons. The smallest absolute Gasteiger partial charge is 0.427 e. The minimum absolute atomic E-state index is 0.102. The third kappa shape index (κ3) is 0.616. The van der Waals surface area contributed by atoms with Gasteiger partial charge in [-0.1, -0.05) is 0 Å². The van der Waals surface area contributed by atoms with Crippen LogP contribution in [-0.2, 0) is 4.74 Å². The highest BCUT2D eigenvalue weighted by Crippen LogP contribution is 2.82. The zero-order valence-corrected chi connectivity index (χ0v) is 6.99. The van der Waals surface area contributed by atoms with Crippen molar-refractivity contribution in [3.63, 3.8) is 0 Å². The number of ether oxygens (including phenoxy) is 1. The van der Waals surface area contributed by atoms with Crippen molar-refractivity contribution in [2.24, 2.45) is 11.3 Å². The van der Waals surface area contributed by atoms with Gasteiger partial charge in [0.05, 0.1) is 13.2 Å². The molecule has 1 saturated heterocycles. The van der Waals surface area contributed by atoms with Gasteiger partial charge in [-0.2, -0.15) is 0 Å². The Morgan fingerprint density at radius 2 is 1.75 bits per heavy atom. The molecule has 0 aromatic heterocycles. The molecular weight excluding hydrogens is 155 g/mol. The molecule has 0 unspecified atom stereocenters. The van der Waals surface area contributed by atoms with E-state index >= 15 is 0 Å². The molecule has 4 fully saturated rings. The number of hydrogen-bond donors (Lipinski definition) is 2. The van der Waals surface area contributed by atoms with Crippen molar-refractivity contribution >= 4 is 7.12 Å². The lowest BCUT2D eigenvalue weighted by atomic mass is 9.22. The van der Waals surface area contributed by atoms with Gasteiger partial charge in [-0.15, -0.1) is 0 Å². The molecule has 0 amide bonds. The van der Waals surface area contributed by atoms with Crippen molar-refractivity contribution in [3.05, 3.63) is 0 Å². The molecule has 66 valence electrons. The van der Waals surface area contributed by atoms with Gasteiger partial charge < -0.3 is 14.8 Å². The summed E-state index contributed by atoms with van der Waals surface area (Å²) in [6, 6.07) is 0. The zero-order valence-electron chi connectivity index (χ0n) is 6.99. The zero-order chi connectivity index (χ0) is 8.40. The Morgan fingerprint density at radius 3 is 2.08 bits per heavy atom. The Balaban J connectivity index is 1.67. The molecule has 3 aliphatic carbocycles. The summed E-state index contributed by atoms with van der Waals surface area (Å²) in [6.45, 7) is 1.80. The van der Waals surface area contributed by atoms with Crippen molar-refractivity contribution in [1.82, 2.24) is 0 Å². The quantitative estimate of drug-likeness (QED) is 0.572. The maximum atomic E-state index is 9.08. The third-order valence-electron chi connectivity index (χ3n) is 4.16. The maximum absolute atomic E-state index is 9.08. The van der Waals surface area contributed by atoms with Crippen molar-refractivity contribution in [3.8, 4) is 0 Å². The Kier molecular flexibility index (Phi) is 1.16. The normalized spacial score (nSPS) is 50.5. The van der Waals surface area contributed by atoms with Gasteiger partial charge in [0, 0.05) is 11.2 Å². The van der Waals surface area contributed by atoms with Crippen LogP contribution in [0.4, 0.5) is 0 Å². The Bertz CT molecular complexity index is 205. The lowest BCUT2D eigenvalue weighted by molar-refractivity contribution is -0.222. The van der Waals surface area contributed by atoms with Gasteiger partial charge in [-0.25, -0.2) is 0 Å². The minimum Gasteiger partial charge on any atom is -0.427 e. The van der Waals surface area contributed by atoms with Crippen molar-refractivity contribution in [2.75, 3.05) is 13.2 Å². The second kappa shape index (κ2) is 1.89. The second-order valence-corrected chi connectivity index (χ2v) is 4.86. The molecule has 3 saturated carbocycles. The maximum Gasteiger partial charge on any atom is 0.458 e. The van der Waals surface area contributed by atoms with E-state index in [-0.39, 0.29) is 5.31 Å². The van der Waals surface area contributed by atoms with E-state index in [1.807, 2.05) is 0 Å². The molecule has 3 nitrogen and oxygen atoms in total. The summed E-state index contributed by atoms with van der Waals surface area (Å²) in [6.07, 6.45) is 3.06. The van der Waals surface area contributed by atoms with Gasteiger partial charge in [0.25, 0.3) is 0 Å². The summed E-state index contributed by atoms with van der Waals surface area (Å²) in [4.78, 5) is 0. The molecule has 1 aliphatic heterocycles. The van der Waals surface area contributed by atoms with Crippen LogP contribution in [0.2, 0.25) is 5.31 Å². The van der Waals surface area contributed by atoms with Crippen LogP contribution < -0.4 is 0 Å². The standard InChI is InChI=1S/C8H13BO3/c10-9(11)8-3-7(4-8,5-8)6-1-12-2-6/h6,10-11H,1-5H2. The van der Waals surface area contributed by atoms with Crippen LogP contribution in [0.15, 0.2) is 0 Å². The van der Waals surface area contributed by atoms with E-state index in [1.165, 1.54) is 0 Å². The number of rotatable bonds is 2. The average Bonchev–Trinajstić information content (AvgIpc) is 1.66. The lowest BCUT2D eigenvalue weighted by Crippen LogP contribution is -2.68. The summed E-state index contributed by atoms with van der Waals surface area (Å²) in [5, 5.41) is 18.1. The summed E-state index contributed by atoms with van der Waals surface area (Å²) >= 11 is 0. The highest BCUT2D eigenvalue weighted by atomic mass is 16.5. The third-order valence-corrected chi connectivity index (χ3v) is 4.16. The Morgan fingerprint density at radius 1 is 1.17 bits per heavy atom. The molecule has 4 heteroatoms. The first-order valence-electron chi connectivity index (χ1n) is 4.61. The fourth-order valence-corrected chi connectivity index (χ4v) is 3.24.